The standard InChI is InChI=1S/C20H27NO5/c1-19(2,3)25-17(22)21-13-14(15-9-7-8-10-16(15)21)11-12-24-18(23)26-20(4,5)6/h7-10,13H,11-12H2,1-6H3. The van der Waals surface area contributed by atoms with E-state index < -0.39 is 23.5 Å². The molecule has 142 valence electrons. The van der Waals surface area contributed by atoms with Crippen LogP contribution in [0.4, 0.5) is 9.59 Å². The highest BCUT2D eigenvalue weighted by atomic mass is 16.7. The van der Waals surface area contributed by atoms with Gasteiger partial charge in [-0.15, -0.1) is 0 Å². The maximum atomic E-state index is 12.5. The van der Waals surface area contributed by atoms with E-state index in [-0.39, 0.29) is 6.61 Å². The van der Waals surface area contributed by atoms with Crippen molar-refractivity contribution < 1.29 is 23.8 Å². The van der Waals surface area contributed by atoms with E-state index in [9.17, 15) is 9.59 Å². The second-order valence-corrected chi connectivity index (χ2v) is 8.08. The quantitative estimate of drug-likeness (QED) is 0.726. The van der Waals surface area contributed by atoms with Gasteiger partial charge in [-0.1, -0.05) is 18.2 Å². The van der Waals surface area contributed by atoms with E-state index in [1.165, 1.54) is 4.57 Å². The molecule has 0 spiro atoms. The molecule has 2 aromatic rings. The van der Waals surface area contributed by atoms with Gasteiger partial charge in [0.2, 0.25) is 0 Å². The molecular weight excluding hydrogens is 334 g/mol. The molecule has 0 aliphatic rings. The van der Waals surface area contributed by atoms with Gasteiger partial charge in [0.05, 0.1) is 12.1 Å². The molecule has 0 saturated carbocycles. The highest BCUT2D eigenvalue weighted by Crippen LogP contribution is 2.23. The Morgan fingerprint density at radius 1 is 0.962 bits per heavy atom. The summed E-state index contributed by atoms with van der Waals surface area (Å²) >= 11 is 0. The molecular formula is C20H27NO5. The van der Waals surface area contributed by atoms with Crippen LogP contribution < -0.4 is 0 Å². The normalized spacial score (nSPS) is 12.1. The molecule has 1 aromatic heterocycles. The van der Waals surface area contributed by atoms with Crippen LogP contribution in [0.5, 0.6) is 0 Å². The number of benzene rings is 1. The third kappa shape index (κ3) is 5.51. The highest BCUT2D eigenvalue weighted by Gasteiger charge is 2.21. The summed E-state index contributed by atoms with van der Waals surface area (Å²) in [6.07, 6.45) is 1.06. The largest absolute Gasteiger partial charge is 0.508 e. The van der Waals surface area contributed by atoms with Crippen molar-refractivity contribution >= 4 is 23.2 Å². The maximum absolute atomic E-state index is 12.5. The average molecular weight is 361 g/mol. The Labute approximate surface area is 154 Å². The van der Waals surface area contributed by atoms with E-state index in [1.54, 1.807) is 27.0 Å². The molecule has 0 N–H and O–H groups in total. The van der Waals surface area contributed by atoms with E-state index in [1.807, 2.05) is 45.0 Å². The fraction of sp³-hybridized carbons (Fsp3) is 0.500. The smallest absolute Gasteiger partial charge is 0.443 e. The summed E-state index contributed by atoms with van der Waals surface area (Å²) in [5.41, 5.74) is 0.482. The molecule has 0 amide bonds. The monoisotopic (exact) mass is 361 g/mol. The Morgan fingerprint density at radius 3 is 2.19 bits per heavy atom. The fourth-order valence-electron chi connectivity index (χ4n) is 2.44. The first-order valence-electron chi connectivity index (χ1n) is 8.64. The molecule has 0 aliphatic heterocycles. The number of hydrogen-bond acceptors (Lipinski definition) is 5. The predicted octanol–water partition coefficient (Wildman–Crippen LogP) is 4.92. The average Bonchev–Trinajstić information content (AvgIpc) is 2.83. The Bertz CT molecular complexity index is 793. The minimum Gasteiger partial charge on any atom is -0.443 e. The van der Waals surface area contributed by atoms with Gasteiger partial charge in [0.15, 0.2) is 0 Å². The Balaban J connectivity index is 2.13. The van der Waals surface area contributed by atoms with Crippen molar-refractivity contribution in [3.8, 4) is 0 Å². The van der Waals surface area contributed by atoms with Crippen LogP contribution in [0, 0.1) is 0 Å². The van der Waals surface area contributed by atoms with Crippen molar-refractivity contribution in [3.63, 3.8) is 0 Å². The molecule has 1 heterocycles. The van der Waals surface area contributed by atoms with Crippen molar-refractivity contribution in [1.29, 1.82) is 0 Å². The zero-order valence-corrected chi connectivity index (χ0v) is 16.3. The summed E-state index contributed by atoms with van der Waals surface area (Å²) < 4.78 is 17.2. The molecule has 0 fully saturated rings. The van der Waals surface area contributed by atoms with Gasteiger partial charge in [0, 0.05) is 18.0 Å². The molecule has 26 heavy (non-hydrogen) atoms. The van der Waals surface area contributed by atoms with Gasteiger partial charge < -0.3 is 14.2 Å². The Kier molecular flexibility index (Phi) is 5.64. The van der Waals surface area contributed by atoms with Crippen LogP contribution in [0.25, 0.3) is 10.9 Å². The van der Waals surface area contributed by atoms with Crippen LogP contribution in [0.2, 0.25) is 0 Å². The molecule has 0 saturated heterocycles. The van der Waals surface area contributed by atoms with E-state index in [2.05, 4.69) is 0 Å². The minimum absolute atomic E-state index is 0.164. The molecule has 0 bridgehead atoms. The van der Waals surface area contributed by atoms with Crippen molar-refractivity contribution in [2.45, 2.75) is 59.2 Å². The highest BCUT2D eigenvalue weighted by molar-refractivity contribution is 5.92. The summed E-state index contributed by atoms with van der Waals surface area (Å²) in [5, 5.41) is 0.922. The van der Waals surface area contributed by atoms with Crippen LogP contribution in [-0.4, -0.2) is 34.6 Å². The summed E-state index contributed by atoms with van der Waals surface area (Å²) in [4.78, 5) is 24.1. The maximum Gasteiger partial charge on any atom is 0.508 e. The molecule has 1 aromatic carbocycles. The topological polar surface area (TPSA) is 66.8 Å². The molecule has 2 rings (SSSR count). The Hall–Kier alpha value is -2.50. The molecule has 6 nitrogen and oxygen atoms in total. The summed E-state index contributed by atoms with van der Waals surface area (Å²) in [5.74, 6) is 0. The first-order chi connectivity index (χ1) is 12.0. The van der Waals surface area contributed by atoms with Crippen LogP contribution in [0.15, 0.2) is 30.5 Å². The summed E-state index contributed by atoms with van der Waals surface area (Å²) in [6.45, 7) is 11.0. The number of ether oxygens (including phenoxy) is 3. The van der Waals surface area contributed by atoms with Crippen molar-refractivity contribution in [1.82, 2.24) is 4.57 Å². The van der Waals surface area contributed by atoms with E-state index in [0.717, 1.165) is 16.5 Å². The molecule has 0 unspecified atom stereocenters. The number of rotatable bonds is 3. The van der Waals surface area contributed by atoms with Crippen LogP contribution >= 0.6 is 0 Å². The van der Waals surface area contributed by atoms with Gasteiger partial charge in [0.25, 0.3) is 0 Å². The number of carbonyl (C=O) groups excluding carboxylic acids is 2. The summed E-state index contributed by atoms with van der Waals surface area (Å²) in [7, 11) is 0. The number of fused-ring (bicyclic) bond motifs is 1. The van der Waals surface area contributed by atoms with Crippen LogP contribution in [0.3, 0.4) is 0 Å². The predicted molar refractivity (Wildman–Crippen MR) is 99.5 cm³/mol. The molecule has 6 heteroatoms. The lowest BCUT2D eigenvalue weighted by Crippen LogP contribution is -2.26. The van der Waals surface area contributed by atoms with E-state index >= 15 is 0 Å². The van der Waals surface area contributed by atoms with Gasteiger partial charge in [0.1, 0.15) is 11.2 Å². The zero-order chi connectivity index (χ0) is 19.5. The SMILES string of the molecule is CC(C)(C)OC(=O)OCCc1cn(C(=O)OC(C)(C)C)c2ccccc12. The van der Waals surface area contributed by atoms with E-state index in [4.69, 9.17) is 14.2 Å². The van der Waals surface area contributed by atoms with Gasteiger partial charge in [-0.25, -0.2) is 9.59 Å². The number of carbonyl (C=O) groups is 2. The molecule has 0 atom stereocenters. The number of hydrogen-bond donors (Lipinski definition) is 0. The van der Waals surface area contributed by atoms with Gasteiger partial charge in [-0.2, -0.15) is 0 Å². The molecule has 0 radical (unpaired) electrons. The zero-order valence-electron chi connectivity index (χ0n) is 16.3. The lowest BCUT2D eigenvalue weighted by molar-refractivity contribution is -0.00664. The van der Waals surface area contributed by atoms with Gasteiger partial charge in [-0.3, -0.25) is 4.57 Å². The third-order valence-electron chi connectivity index (χ3n) is 3.37. The number of nitrogens with zero attached hydrogens (tertiary/aromatic N) is 1. The third-order valence-corrected chi connectivity index (χ3v) is 3.37. The van der Waals surface area contributed by atoms with E-state index in [0.29, 0.717) is 6.42 Å². The molecule has 0 aliphatic carbocycles. The number of aromatic nitrogens is 1. The van der Waals surface area contributed by atoms with Gasteiger partial charge in [-0.05, 0) is 53.2 Å². The second kappa shape index (κ2) is 7.40. The number of para-hydroxylation sites is 1. The minimum atomic E-state index is -0.701. The Morgan fingerprint density at radius 2 is 1.58 bits per heavy atom. The first kappa shape index (κ1) is 19.8. The van der Waals surface area contributed by atoms with Gasteiger partial charge >= 0.3 is 12.2 Å². The summed E-state index contributed by atoms with van der Waals surface area (Å²) in [6, 6.07) is 7.56. The lowest BCUT2D eigenvalue weighted by atomic mass is 10.1. The van der Waals surface area contributed by atoms with Crippen molar-refractivity contribution in [2.75, 3.05) is 6.61 Å². The first-order valence-corrected chi connectivity index (χ1v) is 8.64. The second-order valence-electron chi connectivity index (χ2n) is 8.08. The van der Waals surface area contributed by atoms with Crippen molar-refractivity contribution in [2.24, 2.45) is 0 Å². The fourth-order valence-corrected chi connectivity index (χ4v) is 2.44. The van der Waals surface area contributed by atoms with Crippen LogP contribution in [-0.2, 0) is 20.6 Å². The van der Waals surface area contributed by atoms with Crippen molar-refractivity contribution in [3.05, 3.63) is 36.0 Å². The lowest BCUT2D eigenvalue weighted by Gasteiger charge is -2.19. The van der Waals surface area contributed by atoms with Crippen LogP contribution in [0.1, 0.15) is 47.1 Å².